The minimum atomic E-state index is -0.604. The van der Waals surface area contributed by atoms with E-state index in [0.29, 0.717) is 11.4 Å². The smallest absolute Gasteiger partial charge is 0.159 e. The van der Waals surface area contributed by atoms with Crippen molar-refractivity contribution in [2.45, 2.75) is 18.0 Å². The van der Waals surface area contributed by atoms with Crippen molar-refractivity contribution < 1.29 is 17.6 Å². The lowest BCUT2D eigenvalue weighted by Gasteiger charge is -2.28. The van der Waals surface area contributed by atoms with Crippen molar-refractivity contribution in [3.8, 4) is 5.69 Å². The zero-order valence-electron chi connectivity index (χ0n) is 21.7. The molecule has 6 rings (SSSR count). The van der Waals surface area contributed by atoms with Gasteiger partial charge in [0.05, 0.1) is 33.8 Å². The molecular formula is C30H26F4I2N4. The van der Waals surface area contributed by atoms with Crippen molar-refractivity contribution in [1.29, 1.82) is 0 Å². The van der Waals surface area contributed by atoms with Crippen LogP contribution in [0, 0.1) is 23.3 Å². The molecule has 1 aliphatic heterocycles. The highest BCUT2D eigenvalue weighted by Gasteiger charge is 2.35. The van der Waals surface area contributed by atoms with Crippen molar-refractivity contribution in [3.63, 3.8) is 0 Å². The average molecular weight is 772 g/mol. The SMILES string of the molecule is CCI.CCN1c2ccccc2N(c2ccc(F)cc2F)C1I.Fc1ccc(-n2cnc3ccccc32)c(F)c1. The minimum Gasteiger partial charge on any atom is -0.341 e. The summed E-state index contributed by atoms with van der Waals surface area (Å²) in [6.07, 6.45) is 1.53. The summed E-state index contributed by atoms with van der Waals surface area (Å²) in [6, 6.07) is 22.5. The molecule has 40 heavy (non-hydrogen) atoms. The Morgan fingerprint density at radius 3 is 1.88 bits per heavy atom. The van der Waals surface area contributed by atoms with Crippen LogP contribution in [0.4, 0.5) is 34.6 Å². The number of anilines is 3. The number of rotatable bonds is 3. The van der Waals surface area contributed by atoms with Crippen molar-refractivity contribution >= 4 is 73.3 Å². The minimum absolute atomic E-state index is 0.0324. The zero-order chi connectivity index (χ0) is 28.8. The average Bonchev–Trinajstić information content (AvgIpc) is 3.48. The molecule has 1 unspecified atom stereocenters. The van der Waals surface area contributed by atoms with Crippen LogP contribution >= 0.6 is 45.2 Å². The second-order valence-corrected chi connectivity index (χ2v) is 11.2. The lowest BCUT2D eigenvalue weighted by molar-refractivity contribution is 0.578. The second kappa shape index (κ2) is 13.7. The van der Waals surface area contributed by atoms with Crippen molar-refractivity contribution in [2.75, 3.05) is 20.8 Å². The molecule has 0 saturated carbocycles. The lowest BCUT2D eigenvalue weighted by Crippen LogP contribution is -2.35. The molecule has 2 heterocycles. The van der Waals surface area contributed by atoms with Crippen LogP contribution in [-0.4, -0.2) is 24.7 Å². The van der Waals surface area contributed by atoms with E-state index in [4.69, 9.17) is 0 Å². The molecule has 4 nitrogen and oxygen atoms in total. The van der Waals surface area contributed by atoms with Gasteiger partial charge in [0, 0.05) is 18.7 Å². The number of hydrogen-bond donors (Lipinski definition) is 0. The number of halogens is 6. The number of aromatic nitrogens is 2. The summed E-state index contributed by atoms with van der Waals surface area (Å²) in [4.78, 5) is 8.24. The van der Waals surface area contributed by atoms with Crippen molar-refractivity contribution in [3.05, 3.63) is 115 Å². The fraction of sp³-hybridized carbons (Fsp3) is 0.167. The molecule has 0 saturated heterocycles. The van der Waals surface area contributed by atoms with Gasteiger partial charge in [-0.25, -0.2) is 22.5 Å². The molecule has 4 aromatic carbocycles. The molecule has 1 aliphatic rings. The molecule has 0 N–H and O–H groups in total. The predicted octanol–water partition coefficient (Wildman–Crippen LogP) is 9.41. The quantitative estimate of drug-likeness (QED) is 0.0791. The highest BCUT2D eigenvalue weighted by molar-refractivity contribution is 14.1. The van der Waals surface area contributed by atoms with E-state index in [9.17, 15) is 17.6 Å². The van der Waals surface area contributed by atoms with Gasteiger partial charge in [-0.1, -0.05) is 53.8 Å². The summed E-state index contributed by atoms with van der Waals surface area (Å²) in [6.45, 7) is 5.00. The molecule has 0 bridgehead atoms. The summed E-state index contributed by atoms with van der Waals surface area (Å²) in [5.74, 6) is -2.29. The molecule has 0 aliphatic carbocycles. The van der Waals surface area contributed by atoms with Gasteiger partial charge in [-0.2, -0.15) is 0 Å². The van der Waals surface area contributed by atoms with Crippen LogP contribution in [0.25, 0.3) is 16.7 Å². The number of alkyl halides is 2. The van der Waals surface area contributed by atoms with Crippen molar-refractivity contribution in [1.82, 2.24) is 9.55 Å². The Labute approximate surface area is 257 Å². The molecular weight excluding hydrogens is 746 g/mol. The largest absolute Gasteiger partial charge is 0.341 e. The third-order valence-electron chi connectivity index (χ3n) is 6.05. The molecule has 0 spiro atoms. The zero-order valence-corrected chi connectivity index (χ0v) is 26.0. The van der Waals surface area contributed by atoms with E-state index in [2.05, 4.69) is 68.9 Å². The maximum atomic E-state index is 14.1. The van der Waals surface area contributed by atoms with E-state index in [1.54, 1.807) is 4.57 Å². The summed E-state index contributed by atoms with van der Waals surface area (Å²) in [5, 5.41) is 0. The van der Waals surface area contributed by atoms with Gasteiger partial charge in [-0.15, -0.1) is 0 Å². The van der Waals surface area contributed by atoms with Gasteiger partial charge >= 0.3 is 0 Å². The predicted molar refractivity (Wildman–Crippen MR) is 171 cm³/mol. The first kappa shape index (κ1) is 30.1. The van der Waals surface area contributed by atoms with Gasteiger partial charge in [-0.3, -0.25) is 4.57 Å². The van der Waals surface area contributed by atoms with E-state index >= 15 is 0 Å². The van der Waals surface area contributed by atoms with Crippen LogP contribution in [-0.2, 0) is 0 Å². The Balaban J connectivity index is 0.000000170. The highest BCUT2D eigenvalue weighted by Crippen LogP contribution is 2.46. The lowest BCUT2D eigenvalue weighted by atomic mass is 10.2. The monoisotopic (exact) mass is 772 g/mol. The molecule has 208 valence electrons. The first-order valence-electron chi connectivity index (χ1n) is 12.5. The summed E-state index contributed by atoms with van der Waals surface area (Å²) >= 11 is 4.56. The van der Waals surface area contributed by atoms with Crippen LogP contribution in [0.3, 0.4) is 0 Å². The van der Waals surface area contributed by atoms with E-state index in [0.717, 1.165) is 41.1 Å². The number of nitrogens with zero attached hydrogens (tertiary/aromatic N) is 4. The Morgan fingerprint density at radius 2 is 1.27 bits per heavy atom. The van der Waals surface area contributed by atoms with Crippen LogP contribution in [0.1, 0.15) is 13.8 Å². The Bertz CT molecular complexity index is 1590. The standard InChI is InChI=1S/C15H13F2IN2.C13H8F2N2.C2H5I/c1-2-19-13-5-3-4-6-14(13)20(15(19)18)12-8-7-10(16)9-11(12)17;14-9-5-6-12(10(15)7-9)17-8-16-11-3-1-2-4-13(11)17;1-2-3/h3-9,15H,2H2,1H3;1-8H;2H2,1H3. The first-order chi connectivity index (χ1) is 19.3. The van der Waals surface area contributed by atoms with Crippen molar-refractivity contribution in [2.24, 2.45) is 0 Å². The molecule has 0 amide bonds. The Morgan fingerprint density at radius 1 is 0.725 bits per heavy atom. The maximum Gasteiger partial charge on any atom is 0.159 e. The Kier molecular flexibility index (Phi) is 10.3. The van der Waals surface area contributed by atoms with E-state index in [1.807, 2.05) is 53.4 Å². The van der Waals surface area contributed by atoms with Crippen LogP contribution < -0.4 is 9.80 Å². The topological polar surface area (TPSA) is 24.3 Å². The maximum absolute atomic E-state index is 14.1. The second-order valence-electron chi connectivity index (χ2n) is 8.52. The van der Waals surface area contributed by atoms with Crippen LogP contribution in [0.5, 0.6) is 0 Å². The molecule has 1 atom stereocenters. The van der Waals surface area contributed by atoms with Crippen LogP contribution in [0.2, 0.25) is 0 Å². The molecule has 0 radical (unpaired) electrons. The summed E-state index contributed by atoms with van der Waals surface area (Å²) < 4.78 is 56.5. The third-order valence-corrected chi connectivity index (χ3v) is 7.28. The van der Waals surface area contributed by atoms with Gasteiger partial charge in [0.2, 0.25) is 0 Å². The van der Waals surface area contributed by atoms with Gasteiger partial charge < -0.3 is 9.80 Å². The van der Waals surface area contributed by atoms with Crippen LogP contribution in [0.15, 0.2) is 91.3 Å². The van der Waals surface area contributed by atoms with E-state index < -0.39 is 23.3 Å². The number of imidazole rings is 1. The van der Waals surface area contributed by atoms with Gasteiger partial charge in [0.25, 0.3) is 0 Å². The normalized spacial score (nSPS) is 13.8. The molecule has 0 fully saturated rings. The van der Waals surface area contributed by atoms with Gasteiger partial charge in [-0.05, 0) is 82.5 Å². The Hall–Kier alpha value is -2.87. The van der Waals surface area contributed by atoms with Gasteiger partial charge in [0.15, 0.2) is 4.17 Å². The summed E-state index contributed by atoms with van der Waals surface area (Å²) in [7, 11) is 0. The fourth-order valence-electron chi connectivity index (χ4n) is 4.35. The highest BCUT2D eigenvalue weighted by atomic mass is 127. The molecule has 1 aromatic heterocycles. The number of fused-ring (bicyclic) bond motifs is 2. The molecule has 5 aromatic rings. The third kappa shape index (κ3) is 6.37. The van der Waals surface area contributed by atoms with E-state index in [1.165, 1.54) is 35.0 Å². The van der Waals surface area contributed by atoms with Gasteiger partial charge in [0.1, 0.15) is 29.6 Å². The summed E-state index contributed by atoms with van der Waals surface area (Å²) in [5.41, 5.74) is 4.26. The number of para-hydroxylation sites is 4. The number of benzene rings is 4. The molecule has 10 heteroatoms. The fourth-order valence-corrected chi connectivity index (χ4v) is 5.64. The van der Waals surface area contributed by atoms with E-state index in [-0.39, 0.29) is 4.17 Å². The first-order valence-corrected chi connectivity index (χ1v) is 15.2. The number of hydrogen-bond acceptors (Lipinski definition) is 3.